The number of nitrogens with zero attached hydrogens (tertiary/aromatic N) is 5. The lowest BCUT2D eigenvalue weighted by Crippen LogP contribution is -2.23. The lowest BCUT2D eigenvalue weighted by atomic mass is 10.2. The predicted octanol–water partition coefficient (Wildman–Crippen LogP) is 2.85. The highest BCUT2D eigenvalue weighted by molar-refractivity contribution is 7.99. The summed E-state index contributed by atoms with van der Waals surface area (Å²) < 4.78 is 3.65. The summed E-state index contributed by atoms with van der Waals surface area (Å²) in [7, 11) is 0. The molecule has 1 N–H and O–H groups in total. The Labute approximate surface area is 160 Å². The van der Waals surface area contributed by atoms with Crippen LogP contribution in [0.2, 0.25) is 0 Å². The number of para-hydroxylation sites is 2. The second kappa shape index (κ2) is 7.63. The van der Waals surface area contributed by atoms with Gasteiger partial charge in [-0.15, -0.1) is 10.2 Å². The molecule has 4 aromatic rings. The standard InChI is InChI=1S/C19H18N6OS/c1-14-21-22-19(24(14)11-15-7-3-2-4-8-15)27-12-18(26)23-25-13-20-16-9-5-6-10-17(16)25/h2-10,13H,11-12H2,1H3,(H,23,26). The zero-order valence-electron chi connectivity index (χ0n) is 14.7. The second-order valence-corrected chi connectivity index (χ2v) is 6.97. The zero-order chi connectivity index (χ0) is 18.6. The molecule has 0 aliphatic carbocycles. The van der Waals surface area contributed by atoms with Gasteiger partial charge in [-0.3, -0.25) is 10.2 Å². The van der Waals surface area contributed by atoms with Gasteiger partial charge >= 0.3 is 0 Å². The van der Waals surface area contributed by atoms with E-state index in [1.54, 1.807) is 11.0 Å². The van der Waals surface area contributed by atoms with Crippen molar-refractivity contribution in [3.63, 3.8) is 0 Å². The van der Waals surface area contributed by atoms with Crippen LogP contribution in [0.3, 0.4) is 0 Å². The molecule has 1 amide bonds. The molecule has 7 nitrogen and oxygen atoms in total. The molecule has 2 aromatic heterocycles. The quantitative estimate of drug-likeness (QED) is 0.522. The first-order valence-corrected chi connectivity index (χ1v) is 9.48. The molecule has 136 valence electrons. The maximum Gasteiger partial charge on any atom is 0.249 e. The molecule has 0 spiro atoms. The third-order valence-corrected chi connectivity index (χ3v) is 5.08. The van der Waals surface area contributed by atoms with Crippen molar-refractivity contribution in [3.05, 3.63) is 72.3 Å². The number of rotatable bonds is 6. The van der Waals surface area contributed by atoms with Gasteiger partial charge in [0.05, 0.1) is 23.3 Å². The average molecular weight is 378 g/mol. The van der Waals surface area contributed by atoms with Crippen LogP contribution >= 0.6 is 11.8 Å². The molecule has 2 heterocycles. The fraction of sp³-hybridized carbons (Fsp3) is 0.158. The van der Waals surface area contributed by atoms with E-state index in [-0.39, 0.29) is 11.7 Å². The summed E-state index contributed by atoms with van der Waals surface area (Å²) in [4.78, 5) is 16.6. The van der Waals surface area contributed by atoms with E-state index in [1.165, 1.54) is 11.8 Å². The van der Waals surface area contributed by atoms with E-state index in [0.717, 1.165) is 27.6 Å². The minimum absolute atomic E-state index is 0.130. The molecule has 0 unspecified atom stereocenters. The number of imidazole rings is 1. The first kappa shape index (κ1) is 17.3. The Balaban J connectivity index is 1.42. The molecular formula is C19H18N6OS. The zero-order valence-corrected chi connectivity index (χ0v) is 15.6. The first-order valence-electron chi connectivity index (χ1n) is 8.49. The first-order chi connectivity index (χ1) is 13.2. The molecule has 4 rings (SSSR count). The Morgan fingerprint density at radius 1 is 1.07 bits per heavy atom. The van der Waals surface area contributed by atoms with Crippen LogP contribution in [0.1, 0.15) is 11.4 Å². The normalized spacial score (nSPS) is 11.0. The Morgan fingerprint density at radius 3 is 2.70 bits per heavy atom. The van der Waals surface area contributed by atoms with E-state index in [0.29, 0.717) is 6.54 Å². The van der Waals surface area contributed by atoms with E-state index in [1.807, 2.05) is 54.0 Å². The summed E-state index contributed by atoms with van der Waals surface area (Å²) in [6, 6.07) is 17.8. The molecule has 0 radical (unpaired) electrons. The molecule has 0 saturated carbocycles. The molecule has 2 aromatic carbocycles. The molecular weight excluding hydrogens is 360 g/mol. The second-order valence-electron chi connectivity index (χ2n) is 6.03. The number of amides is 1. The number of carbonyl (C=O) groups excluding carboxylic acids is 1. The van der Waals surface area contributed by atoms with Crippen molar-refractivity contribution < 1.29 is 4.79 Å². The van der Waals surface area contributed by atoms with Gasteiger partial charge in [0.25, 0.3) is 0 Å². The van der Waals surface area contributed by atoms with Crippen LogP contribution in [0.4, 0.5) is 0 Å². The molecule has 0 aliphatic heterocycles. The van der Waals surface area contributed by atoms with Crippen molar-refractivity contribution in [3.8, 4) is 0 Å². The number of carbonyl (C=O) groups is 1. The van der Waals surface area contributed by atoms with Crippen LogP contribution in [0.25, 0.3) is 11.0 Å². The van der Waals surface area contributed by atoms with Gasteiger partial charge in [-0.05, 0) is 24.6 Å². The van der Waals surface area contributed by atoms with Gasteiger partial charge in [0, 0.05) is 0 Å². The number of aryl methyl sites for hydroxylation is 1. The largest absolute Gasteiger partial charge is 0.302 e. The van der Waals surface area contributed by atoms with Crippen molar-refractivity contribution in [1.29, 1.82) is 0 Å². The lowest BCUT2D eigenvalue weighted by Gasteiger charge is -2.09. The minimum Gasteiger partial charge on any atom is -0.302 e. The molecule has 0 atom stereocenters. The highest BCUT2D eigenvalue weighted by Gasteiger charge is 2.13. The summed E-state index contributed by atoms with van der Waals surface area (Å²) in [5.74, 6) is 0.928. The number of fused-ring (bicyclic) bond motifs is 1. The summed E-state index contributed by atoms with van der Waals surface area (Å²) in [6.07, 6.45) is 1.61. The van der Waals surface area contributed by atoms with Crippen LogP contribution in [0.5, 0.6) is 0 Å². The minimum atomic E-state index is -0.130. The molecule has 0 saturated heterocycles. The van der Waals surface area contributed by atoms with Crippen molar-refractivity contribution >= 4 is 28.7 Å². The van der Waals surface area contributed by atoms with Gasteiger partial charge in [-0.25, -0.2) is 9.66 Å². The van der Waals surface area contributed by atoms with Crippen molar-refractivity contribution in [2.24, 2.45) is 0 Å². The summed E-state index contributed by atoms with van der Waals surface area (Å²) in [6.45, 7) is 2.59. The third-order valence-electron chi connectivity index (χ3n) is 4.12. The Morgan fingerprint density at radius 2 is 1.85 bits per heavy atom. The molecule has 0 fully saturated rings. The van der Waals surface area contributed by atoms with Gasteiger partial charge in [-0.2, -0.15) is 0 Å². The maximum absolute atomic E-state index is 12.4. The average Bonchev–Trinajstić information content (AvgIpc) is 3.25. The van der Waals surface area contributed by atoms with Gasteiger partial charge in [0.1, 0.15) is 12.2 Å². The van der Waals surface area contributed by atoms with Crippen molar-refractivity contribution in [2.75, 3.05) is 11.2 Å². The van der Waals surface area contributed by atoms with Crippen molar-refractivity contribution in [2.45, 2.75) is 18.6 Å². The molecule has 0 bridgehead atoms. The van der Waals surface area contributed by atoms with E-state index >= 15 is 0 Å². The van der Waals surface area contributed by atoms with Crippen molar-refractivity contribution in [1.82, 2.24) is 24.4 Å². The van der Waals surface area contributed by atoms with Gasteiger partial charge in [0.15, 0.2) is 5.16 Å². The van der Waals surface area contributed by atoms with E-state index < -0.39 is 0 Å². The summed E-state index contributed by atoms with van der Waals surface area (Å²) >= 11 is 1.37. The summed E-state index contributed by atoms with van der Waals surface area (Å²) in [5.41, 5.74) is 5.71. The fourth-order valence-corrected chi connectivity index (χ4v) is 3.54. The van der Waals surface area contributed by atoms with E-state index in [9.17, 15) is 4.79 Å². The third kappa shape index (κ3) is 3.85. The van der Waals surface area contributed by atoms with Gasteiger partial charge in [-0.1, -0.05) is 54.2 Å². The number of hydrogen-bond donors (Lipinski definition) is 1. The van der Waals surface area contributed by atoms with Crippen LogP contribution < -0.4 is 5.43 Å². The van der Waals surface area contributed by atoms with Gasteiger partial charge < -0.3 is 4.57 Å². The van der Waals surface area contributed by atoms with Crippen LogP contribution in [-0.4, -0.2) is 36.1 Å². The fourth-order valence-electron chi connectivity index (χ4n) is 2.76. The van der Waals surface area contributed by atoms with Crippen LogP contribution in [-0.2, 0) is 11.3 Å². The predicted molar refractivity (Wildman–Crippen MR) is 105 cm³/mol. The van der Waals surface area contributed by atoms with E-state index in [2.05, 4.69) is 32.7 Å². The van der Waals surface area contributed by atoms with E-state index in [4.69, 9.17) is 0 Å². The number of benzene rings is 2. The van der Waals surface area contributed by atoms with Crippen LogP contribution in [0.15, 0.2) is 66.1 Å². The number of aromatic nitrogens is 5. The highest BCUT2D eigenvalue weighted by Crippen LogP contribution is 2.18. The Kier molecular flexibility index (Phi) is 4.88. The number of hydrogen-bond acceptors (Lipinski definition) is 5. The topological polar surface area (TPSA) is 77.6 Å². The molecule has 8 heteroatoms. The summed E-state index contributed by atoms with van der Waals surface area (Å²) in [5, 5.41) is 9.08. The Bertz CT molecular complexity index is 1070. The Hall–Kier alpha value is -3.13. The number of thioether (sulfide) groups is 1. The maximum atomic E-state index is 12.4. The molecule has 27 heavy (non-hydrogen) atoms. The number of nitrogens with one attached hydrogen (secondary N) is 1. The lowest BCUT2D eigenvalue weighted by molar-refractivity contribution is -0.114. The molecule has 0 aliphatic rings. The van der Waals surface area contributed by atoms with Gasteiger partial charge in [0.2, 0.25) is 5.91 Å². The van der Waals surface area contributed by atoms with Crippen LogP contribution in [0, 0.1) is 6.92 Å². The smallest absolute Gasteiger partial charge is 0.249 e. The highest BCUT2D eigenvalue weighted by atomic mass is 32.2. The monoisotopic (exact) mass is 378 g/mol. The SMILES string of the molecule is Cc1nnc(SCC(=O)Nn2cnc3ccccc32)n1Cc1ccccc1.